The standard InChI is InChI=1S/C15H24IN/c1-3-4-5-6-7-9-13(2)17-15-11-8-10-14(16)12-15/h8,10-13,17H,3-7,9H2,1-2H3. The van der Waals surface area contributed by atoms with E-state index in [1.165, 1.54) is 47.8 Å². The van der Waals surface area contributed by atoms with Crippen molar-refractivity contribution in [2.45, 2.75) is 58.4 Å². The maximum Gasteiger partial charge on any atom is 0.0352 e. The number of benzene rings is 1. The summed E-state index contributed by atoms with van der Waals surface area (Å²) in [4.78, 5) is 0. The van der Waals surface area contributed by atoms with Crippen LogP contribution in [0.1, 0.15) is 52.4 Å². The molecule has 1 aromatic carbocycles. The van der Waals surface area contributed by atoms with E-state index in [0.29, 0.717) is 6.04 Å². The average Bonchev–Trinajstić information content (AvgIpc) is 2.29. The smallest absolute Gasteiger partial charge is 0.0352 e. The maximum absolute atomic E-state index is 3.57. The van der Waals surface area contributed by atoms with Crippen molar-refractivity contribution in [2.75, 3.05) is 5.32 Å². The van der Waals surface area contributed by atoms with Gasteiger partial charge in [0.05, 0.1) is 0 Å². The third-order valence-electron chi connectivity index (χ3n) is 2.98. The van der Waals surface area contributed by atoms with Crippen LogP contribution in [0.25, 0.3) is 0 Å². The van der Waals surface area contributed by atoms with Crippen LogP contribution in [-0.2, 0) is 0 Å². The third kappa shape index (κ3) is 6.92. The summed E-state index contributed by atoms with van der Waals surface area (Å²) >= 11 is 2.36. The molecule has 1 nitrogen and oxygen atoms in total. The van der Waals surface area contributed by atoms with E-state index in [4.69, 9.17) is 0 Å². The number of nitrogens with one attached hydrogen (secondary N) is 1. The zero-order chi connectivity index (χ0) is 12.5. The Kier molecular flexibility index (Phi) is 7.65. The quantitative estimate of drug-likeness (QED) is 0.488. The number of rotatable bonds is 8. The first-order chi connectivity index (χ1) is 8.22. The van der Waals surface area contributed by atoms with E-state index in [-0.39, 0.29) is 0 Å². The number of unbranched alkanes of at least 4 members (excludes halogenated alkanes) is 4. The van der Waals surface area contributed by atoms with Crippen molar-refractivity contribution >= 4 is 28.3 Å². The van der Waals surface area contributed by atoms with E-state index in [1.807, 2.05) is 0 Å². The predicted molar refractivity (Wildman–Crippen MR) is 85.6 cm³/mol. The largest absolute Gasteiger partial charge is 0.383 e. The van der Waals surface area contributed by atoms with Gasteiger partial charge in [-0.2, -0.15) is 0 Å². The molecule has 0 radical (unpaired) electrons. The Hall–Kier alpha value is -0.250. The minimum Gasteiger partial charge on any atom is -0.383 e. The number of anilines is 1. The van der Waals surface area contributed by atoms with Gasteiger partial charge in [0.2, 0.25) is 0 Å². The molecule has 0 aliphatic heterocycles. The van der Waals surface area contributed by atoms with Gasteiger partial charge in [-0.3, -0.25) is 0 Å². The molecule has 1 aromatic rings. The molecule has 0 aromatic heterocycles. The van der Waals surface area contributed by atoms with Crippen molar-refractivity contribution in [3.8, 4) is 0 Å². The molecule has 0 saturated carbocycles. The first kappa shape index (κ1) is 14.8. The van der Waals surface area contributed by atoms with Gasteiger partial charge in [0.15, 0.2) is 0 Å². The van der Waals surface area contributed by atoms with Crippen LogP contribution in [0.2, 0.25) is 0 Å². The molecule has 0 saturated heterocycles. The van der Waals surface area contributed by atoms with E-state index < -0.39 is 0 Å². The molecule has 2 heteroatoms. The van der Waals surface area contributed by atoms with Gasteiger partial charge in [-0.15, -0.1) is 0 Å². The summed E-state index contributed by atoms with van der Waals surface area (Å²) in [7, 11) is 0. The summed E-state index contributed by atoms with van der Waals surface area (Å²) in [5, 5.41) is 3.57. The number of hydrogen-bond donors (Lipinski definition) is 1. The SMILES string of the molecule is CCCCCCCC(C)Nc1cccc(I)c1. The molecular weight excluding hydrogens is 321 g/mol. The summed E-state index contributed by atoms with van der Waals surface area (Å²) in [6, 6.07) is 9.16. The Morgan fingerprint density at radius 3 is 2.65 bits per heavy atom. The predicted octanol–water partition coefficient (Wildman–Crippen LogP) is 5.45. The Balaban J connectivity index is 2.18. The van der Waals surface area contributed by atoms with Gasteiger partial charge in [-0.05, 0) is 54.1 Å². The summed E-state index contributed by atoms with van der Waals surface area (Å²) in [6.07, 6.45) is 8.11. The molecule has 1 unspecified atom stereocenters. The Bertz CT molecular complexity index is 312. The first-order valence-corrected chi connectivity index (χ1v) is 7.82. The highest BCUT2D eigenvalue weighted by atomic mass is 127. The minimum absolute atomic E-state index is 0.579. The lowest BCUT2D eigenvalue weighted by molar-refractivity contribution is 0.578. The second kappa shape index (κ2) is 8.78. The molecule has 0 spiro atoms. The van der Waals surface area contributed by atoms with E-state index >= 15 is 0 Å². The van der Waals surface area contributed by atoms with Crippen molar-refractivity contribution in [1.29, 1.82) is 0 Å². The second-order valence-electron chi connectivity index (χ2n) is 4.76. The molecule has 1 atom stereocenters. The highest BCUT2D eigenvalue weighted by Gasteiger charge is 2.01. The van der Waals surface area contributed by atoms with Crippen molar-refractivity contribution < 1.29 is 0 Å². The van der Waals surface area contributed by atoms with Crippen molar-refractivity contribution in [3.05, 3.63) is 27.8 Å². The van der Waals surface area contributed by atoms with Crippen LogP contribution in [0.5, 0.6) is 0 Å². The lowest BCUT2D eigenvalue weighted by atomic mass is 10.1. The van der Waals surface area contributed by atoms with E-state index in [9.17, 15) is 0 Å². The molecule has 0 aliphatic rings. The average molecular weight is 345 g/mol. The van der Waals surface area contributed by atoms with Crippen LogP contribution in [0.4, 0.5) is 5.69 Å². The molecule has 1 rings (SSSR count). The summed E-state index contributed by atoms with van der Waals surface area (Å²) in [6.45, 7) is 4.54. The van der Waals surface area contributed by atoms with Gasteiger partial charge in [0.1, 0.15) is 0 Å². The van der Waals surface area contributed by atoms with Crippen LogP contribution in [0.3, 0.4) is 0 Å². The molecule has 17 heavy (non-hydrogen) atoms. The fourth-order valence-electron chi connectivity index (χ4n) is 1.99. The van der Waals surface area contributed by atoms with Crippen LogP contribution >= 0.6 is 22.6 Å². The Morgan fingerprint density at radius 1 is 1.18 bits per heavy atom. The molecule has 0 fully saturated rings. The highest BCUT2D eigenvalue weighted by molar-refractivity contribution is 14.1. The molecule has 0 aliphatic carbocycles. The van der Waals surface area contributed by atoms with Gasteiger partial charge in [-0.1, -0.05) is 45.1 Å². The molecule has 96 valence electrons. The molecule has 1 N–H and O–H groups in total. The third-order valence-corrected chi connectivity index (χ3v) is 3.65. The fourth-order valence-corrected chi connectivity index (χ4v) is 2.53. The van der Waals surface area contributed by atoms with Crippen LogP contribution in [-0.4, -0.2) is 6.04 Å². The molecular formula is C15H24IN. The Morgan fingerprint density at radius 2 is 1.94 bits per heavy atom. The van der Waals surface area contributed by atoms with Crippen LogP contribution < -0.4 is 5.32 Å². The van der Waals surface area contributed by atoms with Crippen molar-refractivity contribution in [3.63, 3.8) is 0 Å². The first-order valence-electron chi connectivity index (χ1n) is 6.74. The lowest BCUT2D eigenvalue weighted by Crippen LogP contribution is -2.14. The fraction of sp³-hybridized carbons (Fsp3) is 0.600. The van der Waals surface area contributed by atoms with Crippen LogP contribution in [0.15, 0.2) is 24.3 Å². The van der Waals surface area contributed by atoms with Gasteiger partial charge < -0.3 is 5.32 Å². The van der Waals surface area contributed by atoms with E-state index in [1.54, 1.807) is 0 Å². The number of halogens is 1. The van der Waals surface area contributed by atoms with Crippen LogP contribution in [0, 0.1) is 3.57 Å². The van der Waals surface area contributed by atoms with Gasteiger partial charge >= 0.3 is 0 Å². The minimum atomic E-state index is 0.579. The molecule has 0 amide bonds. The normalized spacial score (nSPS) is 12.4. The summed E-state index contributed by atoms with van der Waals surface area (Å²) < 4.78 is 1.29. The highest BCUT2D eigenvalue weighted by Crippen LogP contribution is 2.15. The summed E-state index contributed by atoms with van der Waals surface area (Å²) in [5.41, 5.74) is 1.25. The number of hydrogen-bond acceptors (Lipinski definition) is 1. The lowest BCUT2D eigenvalue weighted by Gasteiger charge is -2.15. The topological polar surface area (TPSA) is 12.0 Å². The molecule has 0 heterocycles. The second-order valence-corrected chi connectivity index (χ2v) is 6.00. The zero-order valence-electron chi connectivity index (χ0n) is 11.0. The summed E-state index contributed by atoms with van der Waals surface area (Å²) in [5.74, 6) is 0. The van der Waals surface area contributed by atoms with E-state index in [0.717, 1.165) is 0 Å². The van der Waals surface area contributed by atoms with Gasteiger partial charge in [0.25, 0.3) is 0 Å². The van der Waals surface area contributed by atoms with Crippen molar-refractivity contribution in [2.24, 2.45) is 0 Å². The maximum atomic E-state index is 3.57. The van der Waals surface area contributed by atoms with Crippen molar-refractivity contribution in [1.82, 2.24) is 0 Å². The zero-order valence-corrected chi connectivity index (χ0v) is 13.2. The van der Waals surface area contributed by atoms with Gasteiger partial charge in [-0.25, -0.2) is 0 Å². The monoisotopic (exact) mass is 345 g/mol. The van der Waals surface area contributed by atoms with Gasteiger partial charge in [0, 0.05) is 15.3 Å². The molecule has 0 bridgehead atoms. The Labute approximate surface area is 120 Å². The van der Waals surface area contributed by atoms with E-state index in [2.05, 4.69) is 66.0 Å².